The van der Waals surface area contributed by atoms with Gasteiger partial charge in [0.2, 0.25) is 5.91 Å². The number of amides is 1. The monoisotopic (exact) mass is 390 g/mol. The Kier molecular flexibility index (Phi) is 3.88. The molecule has 5 heteroatoms. The molecule has 0 saturated carbocycles. The summed E-state index contributed by atoms with van der Waals surface area (Å²) in [5.74, 6) is -1.24. The number of carbonyl (C=O) groups excluding carboxylic acids is 1. The molecule has 2 aliphatic heterocycles. The Labute approximate surface area is 174 Å². The zero-order chi connectivity index (χ0) is 20.9. The summed E-state index contributed by atoms with van der Waals surface area (Å²) in [6.45, 7) is 0. The molecule has 1 fully saturated rings. The van der Waals surface area contributed by atoms with Gasteiger partial charge in [-0.2, -0.15) is 10.5 Å². The van der Waals surface area contributed by atoms with E-state index in [1.165, 1.54) is 0 Å². The number of rotatable bonds is 2. The standard InChI is InChI=1S/C25H18N4O/c26-14-25(15-27)21(20-11-5-8-16-6-1-3-9-18(16)20)22(24(28)30)29-13-12-17-7-2-4-10-19(17)23(25)29/h1-13,21-23H,(H2,28,30)/t21-,22+,23-/m1/s1. The first-order valence-corrected chi connectivity index (χ1v) is 9.76. The van der Waals surface area contributed by atoms with E-state index < -0.39 is 29.3 Å². The maximum Gasteiger partial charge on any atom is 0.240 e. The second kappa shape index (κ2) is 6.47. The molecule has 0 spiro atoms. The summed E-state index contributed by atoms with van der Waals surface area (Å²) in [5, 5.41) is 22.7. The van der Waals surface area contributed by atoms with Gasteiger partial charge in [0.05, 0.1) is 18.2 Å². The highest BCUT2D eigenvalue weighted by molar-refractivity contribution is 5.90. The van der Waals surface area contributed by atoms with Crippen LogP contribution in [0.2, 0.25) is 0 Å². The minimum atomic E-state index is -1.48. The average molecular weight is 390 g/mol. The predicted molar refractivity (Wildman–Crippen MR) is 113 cm³/mol. The molecule has 3 atom stereocenters. The van der Waals surface area contributed by atoms with Crippen LogP contribution in [0.4, 0.5) is 0 Å². The van der Waals surface area contributed by atoms with Crippen LogP contribution in [0.1, 0.15) is 28.7 Å². The lowest BCUT2D eigenvalue weighted by molar-refractivity contribution is -0.122. The van der Waals surface area contributed by atoms with Crippen LogP contribution in [-0.4, -0.2) is 16.8 Å². The molecular formula is C25H18N4O. The van der Waals surface area contributed by atoms with Crippen LogP contribution in [0.5, 0.6) is 0 Å². The molecule has 2 aliphatic rings. The summed E-state index contributed by atoms with van der Waals surface area (Å²) in [6.07, 6.45) is 3.71. The van der Waals surface area contributed by atoms with E-state index in [1.54, 1.807) is 6.20 Å². The van der Waals surface area contributed by atoms with Crippen LogP contribution in [0, 0.1) is 28.1 Å². The lowest BCUT2D eigenvalue weighted by atomic mass is 9.67. The first kappa shape index (κ1) is 18.0. The van der Waals surface area contributed by atoms with Crippen molar-refractivity contribution in [2.75, 3.05) is 0 Å². The van der Waals surface area contributed by atoms with Gasteiger partial charge in [-0.3, -0.25) is 4.79 Å². The molecule has 0 unspecified atom stereocenters. The van der Waals surface area contributed by atoms with Crippen LogP contribution in [0.25, 0.3) is 16.8 Å². The first-order valence-electron chi connectivity index (χ1n) is 9.76. The first-order chi connectivity index (χ1) is 14.6. The third kappa shape index (κ3) is 2.24. The Morgan fingerprint density at radius 2 is 1.60 bits per heavy atom. The molecule has 1 amide bonds. The molecule has 30 heavy (non-hydrogen) atoms. The minimum absolute atomic E-state index is 0.547. The zero-order valence-corrected chi connectivity index (χ0v) is 16.1. The molecule has 0 aromatic heterocycles. The van der Waals surface area contributed by atoms with Crippen LogP contribution in [0.3, 0.4) is 0 Å². The quantitative estimate of drug-likeness (QED) is 0.719. The van der Waals surface area contributed by atoms with E-state index in [9.17, 15) is 15.3 Å². The normalized spacial score (nSPS) is 23.3. The topological polar surface area (TPSA) is 93.9 Å². The second-order valence-corrected chi connectivity index (χ2v) is 7.78. The fourth-order valence-electron chi connectivity index (χ4n) is 5.18. The number of hydrogen-bond acceptors (Lipinski definition) is 4. The average Bonchev–Trinajstić information content (AvgIpc) is 3.10. The van der Waals surface area contributed by atoms with Gasteiger partial charge in [-0.05, 0) is 33.5 Å². The molecule has 144 valence electrons. The van der Waals surface area contributed by atoms with Gasteiger partial charge in [0.1, 0.15) is 6.04 Å². The predicted octanol–water partition coefficient (Wildman–Crippen LogP) is 3.85. The van der Waals surface area contributed by atoms with E-state index in [2.05, 4.69) is 12.1 Å². The number of nitrogens with zero attached hydrogens (tertiary/aromatic N) is 3. The van der Waals surface area contributed by atoms with Crippen molar-refractivity contribution in [2.45, 2.75) is 18.0 Å². The van der Waals surface area contributed by atoms with Crippen molar-refractivity contribution in [1.29, 1.82) is 10.5 Å². The van der Waals surface area contributed by atoms with Gasteiger partial charge in [-0.15, -0.1) is 0 Å². The van der Waals surface area contributed by atoms with Gasteiger partial charge in [0, 0.05) is 12.1 Å². The van der Waals surface area contributed by atoms with Crippen LogP contribution < -0.4 is 5.73 Å². The molecule has 2 heterocycles. The number of nitriles is 2. The van der Waals surface area contributed by atoms with E-state index in [0.29, 0.717) is 0 Å². The van der Waals surface area contributed by atoms with Gasteiger partial charge in [0.25, 0.3) is 0 Å². The van der Waals surface area contributed by atoms with Crippen molar-refractivity contribution in [2.24, 2.45) is 11.1 Å². The van der Waals surface area contributed by atoms with Crippen LogP contribution >= 0.6 is 0 Å². The van der Waals surface area contributed by atoms with E-state index >= 15 is 0 Å². The highest BCUT2D eigenvalue weighted by atomic mass is 16.1. The summed E-state index contributed by atoms with van der Waals surface area (Å²) in [4.78, 5) is 14.5. The number of hydrogen-bond donors (Lipinski definition) is 1. The molecule has 1 saturated heterocycles. The number of benzene rings is 3. The number of carbonyl (C=O) groups is 1. The van der Waals surface area contributed by atoms with Crippen molar-refractivity contribution in [3.63, 3.8) is 0 Å². The number of fused-ring (bicyclic) bond motifs is 4. The molecule has 2 N–H and O–H groups in total. The highest BCUT2D eigenvalue weighted by Gasteiger charge is 2.63. The van der Waals surface area contributed by atoms with Gasteiger partial charge < -0.3 is 10.6 Å². The van der Waals surface area contributed by atoms with Gasteiger partial charge >= 0.3 is 0 Å². The van der Waals surface area contributed by atoms with Crippen molar-refractivity contribution < 1.29 is 4.79 Å². The third-order valence-electron chi connectivity index (χ3n) is 6.39. The highest BCUT2D eigenvalue weighted by Crippen LogP contribution is 2.60. The van der Waals surface area contributed by atoms with Gasteiger partial charge in [-0.25, -0.2) is 0 Å². The second-order valence-electron chi connectivity index (χ2n) is 7.78. The minimum Gasteiger partial charge on any atom is -0.368 e. The van der Waals surface area contributed by atoms with Crippen LogP contribution in [-0.2, 0) is 4.79 Å². The number of nitrogens with two attached hydrogens (primary N) is 1. The molecule has 5 nitrogen and oxygen atoms in total. The number of primary amides is 1. The largest absolute Gasteiger partial charge is 0.368 e. The van der Waals surface area contributed by atoms with Gasteiger partial charge in [0.15, 0.2) is 5.41 Å². The Hall–Kier alpha value is -4.09. The maximum absolute atomic E-state index is 12.7. The summed E-state index contributed by atoms with van der Waals surface area (Å²) in [6, 6.07) is 24.5. The Balaban J connectivity index is 1.84. The van der Waals surface area contributed by atoms with Crippen molar-refractivity contribution in [1.82, 2.24) is 4.90 Å². The SMILES string of the molecule is N#CC1(C#N)[C@H](c2cccc3ccccc23)[C@@H](C(N)=O)N2C=Cc3ccccc3[C@@H]21. The summed E-state index contributed by atoms with van der Waals surface area (Å²) in [5.41, 5.74) is 7.00. The smallest absolute Gasteiger partial charge is 0.240 e. The Bertz CT molecular complexity index is 1280. The molecule has 0 bridgehead atoms. The fourth-order valence-corrected chi connectivity index (χ4v) is 5.18. The van der Waals surface area contributed by atoms with Crippen molar-refractivity contribution >= 4 is 22.8 Å². The van der Waals surface area contributed by atoms with Crippen LogP contribution in [0.15, 0.2) is 72.9 Å². The summed E-state index contributed by atoms with van der Waals surface area (Å²) < 4.78 is 0. The molecule has 0 aliphatic carbocycles. The third-order valence-corrected chi connectivity index (χ3v) is 6.39. The van der Waals surface area contributed by atoms with Crippen molar-refractivity contribution in [3.8, 4) is 12.1 Å². The van der Waals surface area contributed by atoms with E-state index in [4.69, 9.17) is 5.73 Å². The molecule has 0 radical (unpaired) electrons. The lowest BCUT2D eigenvalue weighted by Gasteiger charge is -2.34. The lowest BCUT2D eigenvalue weighted by Crippen LogP contribution is -2.41. The summed E-state index contributed by atoms with van der Waals surface area (Å²) in [7, 11) is 0. The fraction of sp³-hybridized carbons (Fsp3) is 0.160. The Morgan fingerprint density at radius 1 is 0.933 bits per heavy atom. The molecule has 3 aromatic rings. The van der Waals surface area contributed by atoms with E-state index in [1.807, 2.05) is 77.7 Å². The van der Waals surface area contributed by atoms with Crippen molar-refractivity contribution in [3.05, 3.63) is 89.6 Å². The van der Waals surface area contributed by atoms with E-state index in [0.717, 1.165) is 27.5 Å². The molecule has 5 rings (SSSR count). The molecule has 3 aromatic carbocycles. The maximum atomic E-state index is 12.7. The summed E-state index contributed by atoms with van der Waals surface area (Å²) >= 11 is 0. The Morgan fingerprint density at radius 3 is 2.37 bits per heavy atom. The zero-order valence-electron chi connectivity index (χ0n) is 16.1. The van der Waals surface area contributed by atoms with Gasteiger partial charge in [-0.1, -0.05) is 66.7 Å². The molecular weight excluding hydrogens is 372 g/mol. The van der Waals surface area contributed by atoms with E-state index in [-0.39, 0.29) is 0 Å².